The largest absolute Gasteiger partial charge is 0.313 e. The molecular weight excluding hydrogens is 212 g/mol. The van der Waals surface area contributed by atoms with Crippen LogP contribution in [-0.2, 0) is 10.0 Å². The van der Waals surface area contributed by atoms with Crippen molar-refractivity contribution in [3.05, 3.63) is 0 Å². The van der Waals surface area contributed by atoms with E-state index in [1.165, 1.54) is 6.26 Å². The first-order valence-electron chi connectivity index (χ1n) is 5.65. The fourth-order valence-electron chi connectivity index (χ4n) is 1.93. The van der Waals surface area contributed by atoms with Crippen LogP contribution in [-0.4, -0.2) is 44.2 Å². The molecule has 0 spiro atoms. The van der Waals surface area contributed by atoms with Crippen LogP contribution in [0.5, 0.6) is 0 Å². The molecule has 0 bridgehead atoms. The van der Waals surface area contributed by atoms with Crippen molar-refractivity contribution in [2.24, 2.45) is 0 Å². The molecule has 4 nitrogen and oxygen atoms in total. The van der Waals surface area contributed by atoms with Crippen LogP contribution in [0.4, 0.5) is 0 Å². The molecule has 1 aliphatic rings. The van der Waals surface area contributed by atoms with Crippen molar-refractivity contribution in [3.63, 3.8) is 0 Å². The third-order valence-electron chi connectivity index (χ3n) is 3.06. The van der Waals surface area contributed by atoms with Crippen molar-refractivity contribution in [2.75, 3.05) is 19.3 Å². The average Bonchev–Trinajstić information content (AvgIpc) is 2.61. The highest BCUT2D eigenvalue weighted by Crippen LogP contribution is 2.19. The minimum atomic E-state index is -3.01. The Morgan fingerprint density at radius 1 is 1.53 bits per heavy atom. The molecule has 0 aliphatic carbocycles. The number of nitrogens with zero attached hydrogens (tertiary/aromatic N) is 1. The first-order chi connectivity index (χ1) is 6.95. The highest BCUT2D eigenvalue weighted by atomic mass is 32.2. The molecule has 1 N–H and O–H groups in total. The fourth-order valence-corrected chi connectivity index (χ4v) is 3.11. The van der Waals surface area contributed by atoms with Crippen LogP contribution in [0.25, 0.3) is 0 Å². The highest BCUT2D eigenvalue weighted by Gasteiger charge is 2.30. The van der Waals surface area contributed by atoms with Crippen molar-refractivity contribution in [1.82, 2.24) is 9.62 Å². The molecule has 90 valence electrons. The van der Waals surface area contributed by atoms with Gasteiger partial charge in [0.15, 0.2) is 0 Å². The van der Waals surface area contributed by atoms with Gasteiger partial charge in [-0.3, -0.25) is 0 Å². The molecule has 2 atom stereocenters. The normalized spacial score (nSPS) is 25.7. The molecule has 1 unspecified atom stereocenters. The summed E-state index contributed by atoms with van der Waals surface area (Å²) < 4.78 is 24.5. The molecule has 0 amide bonds. The molecule has 1 saturated heterocycles. The lowest BCUT2D eigenvalue weighted by Gasteiger charge is -2.24. The van der Waals surface area contributed by atoms with Gasteiger partial charge in [0, 0.05) is 25.2 Å². The van der Waals surface area contributed by atoms with Gasteiger partial charge in [-0.2, -0.15) is 4.31 Å². The molecule has 1 fully saturated rings. The summed E-state index contributed by atoms with van der Waals surface area (Å²) in [4.78, 5) is 0. The molecule has 0 radical (unpaired) electrons. The van der Waals surface area contributed by atoms with Gasteiger partial charge in [0.1, 0.15) is 0 Å². The van der Waals surface area contributed by atoms with E-state index in [0.717, 1.165) is 25.8 Å². The van der Waals surface area contributed by atoms with E-state index in [4.69, 9.17) is 0 Å². The lowest BCUT2D eigenvalue weighted by molar-refractivity contribution is 0.360. The molecule has 0 aromatic carbocycles. The SMILES string of the molecule is CCC(C)NC[C@H]1CCCN1S(C)(=O)=O. The van der Waals surface area contributed by atoms with Crippen LogP contribution >= 0.6 is 0 Å². The van der Waals surface area contributed by atoms with Crippen LogP contribution in [0, 0.1) is 0 Å². The van der Waals surface area contributed by atoms with Crippen LogP contribution in [0.2, 0.25) is 0 Å². The monoisotopic (exact) mass is 234 g/mol. The number of sulfonamides is 1. The Balaban J connectivity index is 2.47. The Morgan fingerprint density at radius 3 is 2.73 bits per heavy atom. The molecule has 1 aliphatic heterocycles. The van der Waals surface area contributed by atoms with Gasteiger partial charge in [-0.25, -0.2) is 8.42 Å². The van der Waals surface area contributed by atoms with Crippen molar-refractivity contribution < 1.29 is 8.42 Å². The van der Waals surface area contributed by atoms with Gasteiger partial charge < -0.3 is 5.32 Å². The predicted octanol–water partition coefficient (Wildman–Crippen LogP) is 0.798. The summed E-state index contributed by atoms with van der Waals surface area (Å²) in [6.07, 6.45) is 4.34. The summed E-state index contributed by atoms with van der Waals surface area (Å²) in [5.74, 6) is 0. The summed E-state index contributed by atoms with van der Waals surface area (Å²) >= 11 is 0. The van der Waals surface area contributed by atoms with Crippen LogP contribution in [0.3, 0.4) is 0 Å². The summed E-state index contributed by atoms with van der Waals surface area (Å²) in [5, 5.41) is 3.37. The quantitative estimate of drug-likeness (QED) is 0.765. The van der Waals surface area contributed by atoms with Gasteiger partial charge in [0.2, 0.25) is 10.0 Å². The summed E-state index contributed by atoms with van der Waals surface area (Å²) in [7, 11) is -3.01. The molecule has 0 saturated carbocycles. The van der Waals surface area contributed by atoms with Crippen LogP contribution < -0.4 is 5.32 Å². The Hall–Kier alpha value is -0.130. The van der Waals surface area contributed by atoms with E-state index in [9.17, 15) is 8.42 Å². The maximum atomic E-state index is 11.5. The van der Waals surface area contributed by atoms with Gasteiger partial charge in [0.25, 0.3) is 0 Å². The van der Waals surface area contributed by atoms with Crippen molar-refractivity contribution >= 4 is 10.0 Å². The molecule has 1 heterocycles. The molecule has 0 aromatic rings. The Morgan fingerprint density at radius 2 is 2.20 bits per heavy atom. The Labute approximate surface area is 93.1 Å². The maximum absolute atomic E-state index is 11.5. The molecule has 5 heteroatoms. The van der Waals surface area contributed by atoms with Crippen molar-refractivity contribution in [1.29, 1.82) is 0 Å². The van der Waals surface area contributed by atoms with Crippen molar-refractivity contribution in [3.8, 4) is 0 Å². The standard InChI is InChI=1S/C10H22N2O2S/c1-4-9(2)11-8-10-6-5-7-12(10)15(3,13)14/h9-11H,4-8H2,1-3H3/t9?,10-/m1/s1. The second-order valence-electron chi connectivity index (χ2n) is 4.39. The van der Waals surface area contributed by atoms with E-state index in [0.29, 0.717) is 12.6 Å². The van der Waals surface area contributed by atoms with Gasteiger partial charge in [0.05, 0.1) is 6.26 Å². The maximum Gasteiger partial charge on any atom is 0.211 e. The van der Waals surface area contributed by atoms with E-state index in [1.54, 1.807) is 4.31 Å². The minimum Gasteiger partial charge on any atom is -0.313 e. The summed E-state index contributed by atoms with van der Waals surface area (Å²) in [6, 6.07) is 0.626. The highest BCUT2D eigenvalue weighted by molar-refractivity contribution is 7.88. The molecular formula is C10H22N2O2S. The van der Waals surface area contributed by atoms with E-state index in [-0.39, 0.29) is 6.04 Å². The minimum absolute atomic E-state index is 0.161. The Kier molecular flexibility index (Phi) is 4.55. The average molecular weight is 234 g/mol. The van der Waals surface area contributed by atoms with Gasteiger partial charge >= 0.3 is 0 Å². The van der Waals surface area contributed by atoms with Crippen LogP contribution in [0.15, 0.2) is 0 Å². The second kappa shape index (κ2) is 5.27. The van der Waals surface area contributed by atoms with Gasteiger partial charge in [-0.1, -0.05) is 6.92 Å². The topological polar surface area (TPSA) is 49.4 Å². The molecule has 15 heavy (non-hydrogen) atoms. The zero-order valence-corrected chi connectivity index (χ0v) is 10.7. The second-order valence-corrected chi connectivity index (χ2v) is 6.32. The zero-order chi connectivity index (χ0) is 11.5. The zero-order valence-electron chi connectivity index (χ0n) is 9.86. The first-order valence-corrected chi connectivity index (χ1v) is 7.50. The third kappa shape index (κ3) is 3.74. The van der Waals surface area contributed by atoms with Gasteiger partial charge in [-0.15, -0.1) is 0 Å². The predicted molar refractivity (Wildman–Crippen MR) is 62.3 cm³/mol. The lowest BCUT2D eigenvalue weighted by Crippen LogP contribution is -2.43. The van der Waals surface area contributed by atoms with Crippen LogP contribution in [0.1, 0.15) is 33.1 Å². The smallest absolute Gasteiger partial charge is 0.211 e. The van der Waals surface area contributed by atoms with E-state index < -0.39 is 10.0 Å². The lowest BCUT2D eigenvalue weighted by atomic mass is 10.2. The number of nitrogens with one attached hydrogen (secondary N) is 1. The molecule has 0 aromatic heterocycles. The third-order valence-corrected chi connectivity index (χ3v) is 4.40. The summed E-state index contributed by atoms with van der Waals surface area (Å²) in [5.41, 5.74) is 0. The van der Waals surface area contributed by atoms with E-state index >= 15 is 0 Å². The number of rotatable bonds is 5. The van der Waals surface area contributed by atoms with Crippen molar-refractivity contribution in [2.45, 2.75) is 45.2 Å². The van der Waals surface area contributed by atoms with E-state index in [2.05, 4.69) is 19.2 Å². The molecule has 1 rings (SSSR count). The van der Waals surface area contributed by atoms with Gasteiger partial charge in [-0.05, 0) is 26.2 Å². The number of hydrogen-bond acceptors (Lipinski definition) is 3. The fraction of sp³-hybridized carbons (Fsp3) is 1.00. The Bertz CT molecular complexity index is 290. The first kappa shape index (κ1) is 12.9. The van der Waals surface area contributed by atoms with E-state index in [1.807, 2.05) is 0 Å². The number of hydrogen-bond donors (Lipinski definition) is 1. The summed E-state index contributed by atoms with van der Waals surface area (Å²) in [6.45, 7) is 5.72.